The Kier molecular flexibility index (Phi) is 5.12. The minimum atomic E-state index is -1.07. The highest BCUT2D eigenvalue weighted by molar-refractivity contribution is 6.31. The number of methoxy groups -OCH3 is 1. The van der Waals surface area contributed by atoms with Crippen LogP contribution in [0, 0.1) is 6.92 Å². The fourth-order valence-electron chi connectivity index (χ4n) is 1.35. The van der Waals surface area contributed by atoms with Gasteiger partial charge in [-0.15, -0.1) is 0 Å². The Morgan fingerprint density at radius 3 is 2.67 bits per heavy atom. The predicted octanol–water partition coefficient (Wildman–Crippen LogP) is 0.912. The van der Waals surface area contributed by atoms with Gasteiger partial charge in [-0.1, -0.05) is 11.6 Å². The maximum Gasteiger partial charge on any atom is 0.330 e. The zero-order valence-electron chi connectivity index (χ0n) is 10.1. The van der Waals surface area contributed by atoms with Crippen molar-refractivity contribution in [3.05, 3.63) is 34.3 Å². The Morgan fingerprint density at radius 1 is 1.50 bits per heavy atom. The number of aliphatic hydroxyl groups is 1. The summed E-state index contributed by atoms with van der Waals surface area (Å²) in [7, 11) is 1.18. The van der Waals surface area contributed by atoms with E-state index in [4.69, 9.17) is 16.7 Å². The van der Waals surface area contributed by atoms with E-state index in [9.17, 15) is 9.59 Å². The number of esters is 1. The molecule has 1 aromatic carbocycles. The fourth-order valence-corrected chi connectivity index (χ4v) is 1.47. The first-order valence-corrected chi connectivity index (χ1v) is 5.63. The first-order valence-electron chi connectivity index (χ1n) is 5.25. The summed E-state index contributed by atoms with van der Waals surface area (Å²) in [5.41, 5.74) is 1.11. The molecule has 0 aliphatic rings. The zero-order chi connectivity index (χ0) is 13.7. The van der Waals surface area contributed by atoms with Crippen molar-refractivity contribution in [3.63, 3.8) is 0 Å². The van der Waals surface area contributed by atoms with Crippen molar-refractivity contribution in [2.24, 2.45) is 0 Å². The van der Waals surface area contributed by atoms with Crippen molar-refractivity contribution in [3.8, 4) is 0 Å². The minimum Gasteiger partial charge on any atom is -0.467 e. The molecule has 0 aromatic heterocycles. The second-order valence-electron chi connectivity index (χ2n) is 3.70. The first-order chi connectivity index (χ1) is 8.49. The van der Waals surface area contributed by atoms with E-state index < -0.39 is 24.5 Å². The largest absolute Gasteiger partial charge is 0.467 e. The van der Waals surface area contributed by atoms with Crippen LogP contribution in [0.4, 0.5) is 0 Å². The lowest BCUT2D eigenvalue weighted by Gasteiger charge is -2.14. The number of hydrogen-bond acceptors (Lipinski definition) is 4. The molecular formula is C12H14ClNO4. The van der Waals surface area contributed by atoms with E-state index >= 15 is 0 Å². The normalized spacial score (nSPS) is 11.8. The van der Waals surface area contributed by atoms with E-state index in [2.05, 4.69) is 10.1 Å². The maximum absolute atomic E-state index is 11.8. The lowest BCUT2D eigenvalue weighted by atomic mass is 10.1. The summed E-state index contributed by atoms with van der Waals surface area (Å²) in [5.74, 6) is -1.17. The highest BCUT2D eigenvalue weighted by atomic mass is 35.5. The Balaban J connectivity index is 2.81. The van der Waals surface area contributed by atoms with E-state index in [1.807, 2.05) is 0 Å². The van der Waals surface area contributed by atoms with Gasteiger partial charge in [-0.25, -0.2) is 4.79 Å². The molecule has 98 valence electrons. The average molecular weight is 272 g/mol. The number of aryl methyl sites for hydroxylation is 1. The number of aliphatic hydroxyl groups excluding tert-OH is 1. The van der Waals surface area contributed by atoms with Crippen LogP contribution < -0.4 is 5.32 Å². The summed E-state index contributed by atoms with van der Waals surface area (Å²) >= 11 is 5.85. The highest BCUT2D eigenvalue weighted by Gasteiger charge is 2.21. The minimum absolute atomic E-state index is 0.360. The molecular weight excluding hydrogens is 258 g/mol. The number of halogens is 1. The SMILES string of the molecule is COC(=O)C(CO)NC(=O)c1ccc(Cl)c(C)c1. The molecule has 0 spiro atoms. The number of carbonyl (C=O) groups excluding carboxylic acids is 2. The van der Waals surface area contributed by atoms with E-state index in [1.165, 1.54) is 13.2 Å². The van der Waals surface area contributed by atoms with E-state index in [1.54, 1.807) is 19.1 Å². The summed E-state index contributed by atoms with van der Waals surface area (Å²) in [6.07, 6.45) is 0. The van der Waals surface area contributed by atoms with E-state index in [0.717, 1.165) is 5.56 Å². The van der Waals surface area contributed by atoms with Crippen molar-refractivity contribution in [2.75, 3.05) is 13.7 Å². The van der Waals surface area contributed by atoms with E-state index in [-0.39, 0.29) is 0 Å². The third-order valence-corrected chi connectivity index (χ3v) is 2.82. The molecule has 0 heterocycles. The average Bonchev–Trinajstić information content (AvgIpc) is 2.37. The van der Waals surface area contributed by atoms with Crippen molar-refractivity contribution >= 4 is 23.5 Å². The first kappa shape index (κ1) is 14.5. The zero-order valence-corrected chi connectivity index (χ0v) is 10.8. The van der Waals surface area contributed by atoms with Crippen LogP contribution in [0.3, 0.4) is 0 Å². The molecule has 5 nitrogen and oxygen atoms in total. The molecule has 0 saturated heterocycles. The standard InChI is InChI=1S/C12H14ClNO4/c1-7-5-8(3-4-9(7)13)11(16)14-10(6-15)12(17)18-2/h3-5,10,15H,6H2,1-2H3,(H,14,16). The molecule has 6 heteroatoms. The number of amides is 1. The summed E-state index contributed by atoms with van der Waals surface area (Å²) in [5, 5.41) is 11.9. The maximum atomic E-state index is 11.8. The van der Waals surface area contributed by atoms with Gasteiger partial charge < -0.3 is 15.2 Å². The Hall–Kier alpha value is -1.59. The monoisotopic (exact) mass is 271 g/mol. The van der Waals surface area contributed by atoms with Crippen LogP contribution >= 0.6 is 11.6 Å². The molecule has 1 amide bonds. The fraction of sp³-hybridized carbons (Fsp3) is 0.333. The number of ether oxygens (including phenoxy) is 1. The smallest absolute Gasteiger partial charge is 0.330 e. The second-order valence-corrected chi connectivity index (χ2v) is 4.10. The molecule has 0 radical (unpaired) electrons. The Labute approximate surface area is 110 Å². The van der Waals surface area contributed by atoms with Crippen LogP contribution in [0.15, 0.2) is 18.2 Å². The van der Waals surface area contributed by atoms with Gasteiger partial charge in [0.25, 0.3) is 5.91 Å². The van der Waals surface area contributed by atoms with Crippen LogP contribution in [-0.2, 0) is 9.53 Å². The topological polar surface area (TPSA) is 75.6 Å². The van der Waals surface area contributed by atoms with Crippen molar-refractivity contribution in [2.45, 2.75) is 13.0 Å². The van der Waals surface area contributed by atoms with Crippen LogP contribution in [0.5, 0.6) is 0 Å². The van der Waals surface area contributed by atoms with Gasteiger partial charge in [0, 0.05) is 10.6 Å². The van der Waals surface area contributed by atoms with Gasteiger partial charge in [-0.3, -0.25) is 4.79 Å². The number of hydrogen-bond donors (Lipinski definition) is 2. The van der Waals surface area contributed by atoms with E-state index in [0.29, 0.717) is 10.6 Å². The summed E-state index contributed by atoms with van der Waals surface area (Å²) < 4.78 is 4.45. The van der Waals surface area contributed by atoms with Gasteiger partial charge >= 0.3 is 5.97 Å². The molecule has 1 aromatic rings. The third-order valence-electron chi connectivity index (χ3n) is 2.39. The molecule has 1 rings (SSSR count). The predicted molar refractivity (Wildman–Crippen MR) is 66.5 cm³/mol. The summed E-state index contributed by atoms with van der Waals surface area (Å²) in [4.78, 5) is 23.0. The molecule has 2 N–H and O–H groups in total. The van der Waals surface area contributed by atoms with Crippen molar-refractivity contribution in [1.82, 2.24) is 5.32 Å². The van der Waals surface area contributed by atoms with Crippen LogP contribution in [0.25, 0.3) is 0 Å². The molecule has 0 saturated carbocycles. The molecule has 0 aliphatic heterocycles. The molecule has 0 fully saturated rings. The van der Waals surface area contributed by atoms with Gasteiger partial charge in [0.15, 0.2) is 6.04 Å². The molecule has 1 unspecified atom stereocenters. The van der Waals surface area contributed by atoms with Crippen molar-refractivity contribution in [1.29, 1.82) is 0 Å². The van der Waals surface area contributed by atoms with Crippen LogP contribution in [0.2, 0.25) is 5.02 Å². The number of rotatable bonds is 4. The molecule has 18 heavy (non-hydrogen) atoms. The molecule has 0 aliphatic carbocycles. The van der Waals surface area contributed by atoms with Crippen LogP contribution in [-0.4, -0.2) is 36.7 Å². The lowest BCUT2D eigenvalue weighted by Crippen LogP contribution is -2.44. The van der Waals surface area contributed by atoms with Crippen LogP contribution in [0.1, 0.15) is 15.9 Å². The quantitative estimate of drug-likeness (QED) is 0.798. The number of nitrogens with one attached hydrogen (secondary N) is 1. The lowest BCUT2D eigenvalue weighted by molar-refractivity contribution is -0.143. The van der Waals surface area contributed by atoms with Gasteiger partial charge in [-0.05, 0) is 30.7 Å². The highest BCUT2D eigenvalue weighted by Crippen LogP contribution is 2.16. The summed E-state index contributed by atoms with van der Waals surface area (Å²) in [6.45, 7) is 1.24. The molecule has 1 atom stereocenters. The second kappa shape index (κ2) is 6.37. The van der Waals surface area contributed by atoms with Gasteiger partial charge in [0.05, 0.1) is 13.7 Å². The Morgan fingerprint density at radius 2 is 2.17 bits per heavy atom. The van der Waals surface area contributed by atoms with Gasteiger partial charge in [0.1, 0.15) is 0 Å². The third kappa shape index (κ3) is 3.45. The number of carbonyl (C=O) groups is 2. The summed E-state index contributed by atoms with van der Waals surface area (Å²) in [6, 6.07) is 3.66. The van der Waals surface area contributed by atoms with Gasteiger partial charge in [-0.2, -0.15) is 0 Å². The Bertz CT molecular complexity index is 461. The number of benzene rings is 1. The molecule has 0 bridgehead atoms. The van der Waals surface area contributed by atoms with Crippen molar-refractivity contribution < 1.29 is 19.4 Å². The van der Waals surface area contributed by atoms with Gasteiger partial charge in [0.2, 0.25) is 0 Å².